The molecule has 0 bridgehead atoms. The number of nitrogens with one attached hydrogen (secondary N) is 3. The highest BCUT2D eigenvalue weighted by Crippen LogP contribution is 2.29. The van der Waals surface area contributed by atoms with E-state index in [1.807, 2.05) is 26.1 Å². The zero-order valence-corrected chi connectivity index (χ0v) is 21.9. The summed E-state index contributed by atoms with van der Waals surface area (Å²) < 4.78 is 60.1. The molecular weight excluding hydrogens is 542 g/mol. The first kappa shape index (κ1) is 31.7. The number of hydrogen-bond donors (Lipinski definition) is 4. The lowest BCUT2D eigenvalue weighted by Gasteiger charge is -2.23. The Bertz CT molecular complexity index is 1300. The molecule has 2 aromatic rings. The molecule has 2 aromatic carbocycles. The third-order valence-electron chi connectivity index (χ3n) is 5.39. The number of ketones is 1. The first-order valence-electron chi connectivity index (χ1n) is 11.8. The molecule has 0 aliphatic heterocycles. The average Bonchev–Trinajstić information content (AvgIpc) is 2.87. The Hall–Kier alpha value is -4.49. The largest absolute Gasteiger partial charge is 0.481 e. The molecule has 0 aromatic heterocycles. The maximum Gasteiger partial charge on any atom is 0.313 e. The monoisotopic (exact) mass is 569 g/mol. The number of amides is 3. The Balaban J connectivity index is 2.18. The van der Waals surface area contributed by atoms with Gasteiger partial charge in [0.05, 0.1) is 6.42 Å². The fraction of sp³-hybridized carbons (Fsp3) is 0.346. The smallest absolute Gasteiger partial charge is 0.313 e. The minimum absolute atomic E-state index is 0.111. The van der Waals surface area contributed by atoms with Crippen LogP contribution in [0.15, 0.2) is 30.3 Å². The van der Waals surface area contributed by atoms with Gasteiger partial charge in [-0.15, -0.1) is 0 Å². The molecule has 1 unspecified atom stereocenters. The summed E-state index contributed by atoms with van der Waals surface area (Å²) in [5.41, 5.74) is 0.672. The number of hydrogen-bond acceptors (Lipinski definition) is 6. The van der Waals surface area contributed by atoms with E-state index in [2.05, 4.69) is 10.6 Å². The third-order valence-corrected chi connectivity index (χ3v) is 5.39. The van der Waals surface area contributed by atoms with Crippen LogP contribution in [0.2, 0.25) is 0 Å². The quantitative estimate of drug-likeness (QED) is 0.149. The minimum Gasteiger partial charge on any atom is -0.481 e. The van der Waals surface area contributed by atoms with Gasteiger partial charge in [-0.1, -0.05) is 39.0 Å². The summed E-state index contributed by atoms with van der Waals surface area (Å²) in [5.74, 6) is -15.7. The summed E-state index contributed by atoms with van der Waals surface area (Å²) in [6.07, 6.45) is -3.90. The lowest BCUT2D eigenvalue weighted by atomic mass is 9.86. The summed E-state index contributed by atoms with van der Waals surface area (Å²) >= 11 is 0. The lowest BCUT2D eigenvalue weighted by molar-refractivity contribution is -0.141. The van der Waals surface area contributed by atoms with E-state index < -0.39 is 83.6 Å². The molecule has 0 spiro atoms. The Morgan fingerprint density at radius 1 is 0.900 bits per heavy atom. The normalized spacial score (nSPS) is 12.6. The number of carboxylic acid groups (broad SMARTS) is 1. The van der Waals surface area contributed by atoms with E-state index in [0.29, 0.717) is 5.69 Å². The molecule has 0 heterocycles. The summed E-state index contributed by atoms with van der Waals surface area (Å²) in [6, 6.07) is 5.04. The molecule has 216 valence electrons. The number of carboxylic acids is 1. The fourth-order valence-electron chi connectivity index (χ4n) is 3.32. The van der Waals surface area contributed by atoms with Gasteiger partial charge in [-0.05, 0) is 24.0 Å². The number of para-hydroxylation sites is 1. The highest BCUT2D eigenvalue weighted by atomic mass is 19.2. The number of carbonyl (C=O) groups is 5. The van der Waals surface area contributed by atoms with Crippen molar-refractivity contribution in [3.63, 3.8) is 0 Å². The maximum atomic E-state index is 14.1. The molecule has 0 aliphatic carbocycles. The number of anilines is 1. The van der Waals surface area contributed by atoms with Gasteiger partial charge in [-0.2, -0.15) is 8.78 Å². The van der Waals surface area contributed by atoms with Crippen LogP contribution < -0.4 is 20.7 Å². The topological polar surface area (TPSA) is 151 Å². The van der Waals surface area contributed by atoms with Crippen LogP contribution in [0.4, 0.5) is 23.2 Å². The van der Waals surface area contributed by atoms with Gasteiger partial charge >= 0.3 is 17.8 Å². The molecule has 40 heavy (non-hydrogen) atoms. The molecule has 2 rings (SSSR count). The average molecular weight is 570 g/mol. The van der Waals surface area contributed by atoms with Crippen LogP contribution >= 0.6 is 0 Å². The van der Waals surface area contributed by atoms with Crippen molar-refractivity contribution in [1.82, 2.24) is 10.6 Å². The molecule has 3 amide bonds. The predicted octanol–water partition coefficient (Wildman–Crippen LogP) is 2.94. The number of ether oxygens (including phenoxy) is 1. The zero-order chi connectivity index (χ0) is 30.4. The van der Waals surface area contributed by atoms with E-state index in [9.17, 15) is 41.5 Å². The maximum absolute atomic E-state index is 14.1. The van der Waals surface area contributed by atoms with E-state index >= 15 is 0 Å². The number of halogens is 4. The predicted molar refractivity (Wildman–Crippen MR) is 132 cm³/mol. The Morgan fingerprint density at radius 2 is 1.48 bits per heavy atom. The Labute approximate surface area is 226 Å². The summed E-state index contributed by atoms with van der Waals surface area (Å²) in [6.45, 7) is 6.75. The molecule has 4 N–H and O–H groups in total. The third kappa shape index (κ3) is 8.25. The molecule has 0 radical (unpaired) electrons. The highest BCUT2D eigenvalue weighted by Gasteiger charge is 2.31. The van der Waals surface area contributed by atoms with Crippen LogP contribution in [0.5, 0.6) is 5.75 Å². The van der Waals surface area contributed by atoms with Gasteiger partial charge in [0.15, 0.2) is 23.2 Å². The van der Waals surface area contributed by atoms with Gasteiger partial charge in [0, 0.05) is 18.2 Å². The van der Waals surface area contributed by atoms with Crippen LogP contribution in [-0.2, 0) is 29.4 Å². The fourth-order valence-corrected chi connectivity index (χ4v) is 3.32. The van der Waals surface area contributed by atoms with Crippen LogP contribution in [0.25, 0.3) is 0 Å². The Kier molecular flexibility index (Phi) is 10.3. The summed E-state index contributed by atoms with van der Waals surface area (Å²) in [4.78, 5) is 60.8. The van der Waals surface area contributed by atoms with Crippen molar-refractivity contribution in [3.05, 3.63) is 59.2 Å². The zero-order valence-electron chi connectivity index (χ0n) is 21.9. The number of Topliss-reactive ketones (excluding diaryl/α,β-unsaturated/α-hetero) is 1. The van der Waals surface area contributed by atoms with Crippen molar-refractivity contribution in [2.75, 3.05) is 5.32 Å². The van der Waals surface area contributed by atoms with Crippen molar-refractivity contribution in [1.29, 1.82) is 0 Å². The molecule has 2 atom stereocenters. The first-order valence-corrected chi connectivity index (χ1v) is 11.8. The van der Waals surface area contributed by atoms with E-state index in [-0.39, 0.29) is 11.5 Å². The molecular formula is C26H27F4N3O7. The second kappa shape index (κ2) is 13.0. The van der Waals surface area contributed by atoms with Gasteiger partial charge in [0.25, 0.3) is 0 Å². The van der Waals surface area contributed by atoms with Gasteiger partial charge in [-0.25, -0.2) is 8.78 Å². The molecule has 0 fully saturated rings. The van der Waals surface area contributed by atoms with Gasteiger partial charge in [0.2, 0.25) is 23.8 Å². The van der Waals surface area contributed by atoms with E-state index in [1.54, 1.807) is 24.3 Å². The van der Waals surface area contributed by atoms with Crippen LogP contribution in [0.3, 0.4) is 0 Å². The summed E-state index contributed by atoms with van der Waals surface area (Å²) in [7, 11) is 0. The SMILES string of the molecule is C[C@H](NC(=O)C(=O)Nc1ccccc1C(C)(C)C)C(=O)NC(Oc1c(F)c(F)cc(F)c1F)C(=O)CCC(=O)O. The standard InChI is InChI=1S/C26H27F4N3O7/c1-12(31-23(38)24(39)32-16-8-6-5-7-13(16)26(2,3)4)22(37)33-25(17(34)9-10-18(35)36)40-21-19(29)14(27)11-15(28)20(21)30/h5-8,11-12,25H,9-10H2,1-4H3,(H,31,38)(H,32,39)(H,33,37)(H,35,36)/t12-,25?/m0/s1. The molecule has 10 nitrogen and oxygen atoms in total. The van der Waals surface area contributed by atoms with Crippen molar-refractivity contribution in [3.8, 4) is 5.75 Å². The second-order valence-corrected chi connectivity index (χ2v) is 9.61. The number of aliphatic carboxylic acids is 1. The molecule has 0 aliphatic rings. The first-order chi connectivity index (χ1) is 18.5. The molecule has 0 saturated heterocycles. The van der Waals surface area contributed by atoms with E-state index in [1.165, 1.54) is 0 Å². The summed E-state index contributed by atoms with van der Waals surface area (Å²) in [5, 5.41) is 15.2. The van der Waals surface area contributed by atoms with Gasteiger partial charge in [0.1, 0.15) is 6.04 Å². The van der Waals surface area contributed by atoms with E-state index in [0.717, 1.165) is 12.5 Å². The van der Waals surface area contributed by atoms with Crippen LogP contribution in [-0.4, -0.2) is 46.9 Å². The van der Waals surface area contributed by atoms with Crippen molar-refractivity contribution in [2.24, 2.45) is 0 Å². The lowest BCUT2D eigenvalue weighted by Crippen LogP contribution is -2.53. The van der Waals surface area contributed by atoms with Crippen molar-refractivity contribution in [2.45, 2.75) is 58.2 Å². The van der Waals surface area contributed by atoms with Gasteiger partial charge < -0.3 is 25.8 Å². The molecule has 14 heteroatoms. The second-order valence-electron chi connectivity index (χ2n) is 9.61. The Morgan fingerprint density at radius 3 is 2.02 bits per heavy atom. The van der Waals surface area contributed by atoms with Gasteiger partial charge in [-0.3, -0.25) is 24.0 Å². The molecule has 0 saturated carbocycles. The number of rotatable bonds is 10. The van der Waals surface area contributed by atoms with Crippen LogP contribution in [0.1, 0.15) is 46.1 Å². The van der Waals surface area contributed by atoms with Crippen molar-refractivity contribution < 1.29 is 51.4 Å². The number of carbonyl (C=O) groups excluding carboxylic acids is 4. The van der Waals surface area contributed by atoms with Crippen molar-refractivity contribution >= 4 is 35.2 Å². The number of benzene rings is 2. The minimum atomic E-state index is -2.32. The van der Waals surface area contributed by atoms with E-state index in [4.69, 9.17) is 9.84 Å². The highest BCUT2D eigenvalue weighted by molar-refractivity contribution is 6.40. The van der Waals surface area contributed by atoms with Crippen LogP contribution in [0, 0.1) is 23.3 Å².